The van der Waals surface area contributed by atoms with Crippen LogP contribution in [0.1, 0.15) is 38.2 Å². The van der Waals surface area contributed by atoms with E-state index in [2.05, 4.69) is 12.2 Å². The lowest BCUT2D eigenvalue weighted by atomic mass is 9.86. The third kappa shape index (κ3) is 4.73. The Morgan fingerprint density at radius 3 is 2.79 bits per heavy atom. The zero-order chi connectivity index (χ0) is 17.4. The Morgan fingerprint density at radius 1 is 1.33 bits per heavy atom. The summed E-state index contributed by atoms with van der Waals surface area (Å²) in [4.78, 5) is 12.3. The Morgan fingerprint density at radius 2 is 2.08 bits per heavy atom. The molecule has 24 heavy (non-hydrogen) atoms. The second-order valence-corrected chi connectivity index (χ2v) is 6.13. The van der Waals surface area contributed by atoms with Crippen molar-refractivity contribution in [1.82, 2.24) is 5.32 Å². The summed E-state index contributed by atoms with van der Waals surface area (Å²) in [6.07, 6.45) is 9.56. The standard InChI is InChI=1S/C20H24N2O2/c1-15-8-3-5-12-18(15)22-20(23)17(14-21)11-7-10-16-9-4-6-13-19(16)24-2/h4,6-7,9-11,13,15,18H,3,5,8,12H2,1-2H3,(H,22,23)/b10-7+,17-11+/t15-,18-/m0/s1. The van der Waals surface area contributed by atoms with Gasteiger partial charge in [-0.15, -0.1) is 0 Å². The lowest BCUT2D eigenvalue weighted by Crippen LogP contribution is -2.41. The van der Waals surface area contributed by atoms with Crippen molar-refractivity contribution in [2.45, 2.75) is 38.6 Å². The zero-order valence-electron chi connectivity index (χ0n) is 14.3. The smallest absolute Gasteiger partial charge is 0.262 e. The Bertz CT molecular complexity index is 670. The van der Waals surface area contributed by atoms with Crippen molar-refractivity contribution in [1.29, 1.82) is 5.26 Å². The maximum absolute atomic E-state index is 12.3. The molecule has 1 aromatic carbocycles. The Labute approximate surface area is 143 Å². The molecule has 0 radical (unpaired) electrons. The molecule has 1 saturated carbocycles. The highest BCUT2D eigenvalue weighted by Crippen LogP contribution is 2.24. The number of carbonyl (C=O) groups excluding carboxylic acids is 1. The summed E-state index contributed by atoms with van der Waals surface area (Å²) < 4.78 is 5.27. The molecule has 1 N–H and O–H groups in total. The van der Waals surface area contributed by atoms with Crippen LogP contribution in [0.3, 0.4) is 0 Å². The van der Waals surface area contributed by atoms with Gasteiger partial charge in [-0.25, -0.2) is 0 Å². The van der Waals surface area contributed by atoms with E-state index in [0.29, 0.717) is 5.92 Å². The van der Waals surface area contributed by atoms with Crippen LogP contribution in [0.25, 0.3) is 6.08 Å². The van der Waals surface area contributed by atoms with Crippen LogP contribution < -0.4 is 10.1 Å². The summed E-state index contributed by atoms with van der Waals surface area (Å²) in [6, 6.07) is 9.74. The molecule has 1 aromatic rings. The third-order valence-corrected chi connectivity index (χ3v) is 4.47. The maximum atomic E-state index is 12.3. The fraction of sp³-hybridized carbons (Fsp3) is 0.400. The average Bonchev–Trinajstić information content (AvgIpc) is 2.61. The van der Waals surface area contributed by atoms with Gasteiger partial charge in [0.1, 0.15) is 17.4 Å². The van der Waals surface area contributed by atoms with Gasteiger partial charge in [-0.3, -0.25) is 4.79 Å². The van der Waals surface area contributed by atoms with Gasteiger partial charge in [0.2, 0.25) is 0 Å². The van der Waals surface area contributed by atoms with Gasteiger partial charge in [-0.05, 0) is 30.9 Å². The number of rotatable bonds is 5. The molecule has 0 bridgehead atoms. The van der Waals surface area contributed by atoms with Crippen molar-refractivity contribution in [3.63, 3.8) is 0 Å². The molecule has 4 nitrogen and oxygen atoms in total. The monoisotopic (exact) mass is 324 g/mol. The van der Waals surface area contributed by atoms with E-state index in [4.69, 9.17) is 4.74 Å². The summed E-state index contributed by atoms with van der Waals surface area (Å²) in [5.74, 6) is 0.925. The van der Waals surface area contributed by atoms with Crippen molar-refractivity contribution in [3.8, 4) is 11.8 Å². The van der Waals surface area contributed by atoms with Crippen molar-refractivity contribution in [2.75, 3.05) is 7.11 Å². The number of para-hydroxylation sites is 1. The Hall–Kier alpha value is -2.54. The van der Waals surface area contributed by atoms with E-state index < -0.39 is 0 Å². The molecule has 2 rings (SSSR count). The summed E-state index contributed by atoms with van der Waals surface area (Å²) in [5.41, 5.74) is 1.02. The minimum absolute atomic E-state index is 0.124. The Kier molecular flexibility index (Phi) is 6.62. The molecule has 2 atom stereocenters. The fourth-order valence-electron chi connectivity index (χ4n) is 2.99. The van der Waals surface area contributed by atoms with Gasteiger partial charge in [0, 0.05) is 11.6 Å². The maximum Gasteiger partial charge on any atom is 0.262 e. The second kappa shape index (κ2) is 8.93. The molecular formula is C20H24N2O2. The quantitative estimate of drug-likeness (QED) is 0.508. The molecule has 4 heteroatoms. The van der Waals surface area contributed by atoms with Crippen LogP contribution in [0.15, 0.2) is 42.0 Å². The number of nitriles is 1. The molecule has 0 spiro atoms. The van der Waals surface area contributed by atoms with Crippen LogP contribution in [-0.4, -0.2) is 19.1 Å². The van der Waals surface area contributed by atoms with Crippen LogP contribution in [0.4, 0.5) is 0 Å². The summed E-state index contributed by atoms with van der Waals surface area (Å²) in [6.45, 7) is 2.15. The van der Waals surface area contributed by atoms with Crippen LogP contribution >= 0.6 is 0 Å². The van der Waals surface area contributed by atoms with E-state index in [-0.39, 0.29) is 17.5 Å². The van der Waals surface area contributed by atoms with Crippen LogP contribution in [0.5, 0.6) is 5.75 Å². The SMILES string of the molecule is COc1ccccc1/C=C/C=C(\C#N)C(=O)N[C@H]1CCCC[C@@H]1C. The first-order valence-corrected chi connectivity index (χ1v) is 8.38. The fourth-order valence-corrected chi connectivity index (χ4v) is 2.99. The first-order valence-electron chi connectivity index (χ1n) is 8.38. The highest BCUT2D eigenvalue weighted by Gasteiger charge is 2.23. The highest BCUT2D eigenvalue weighted by molar-refractivity contribution is 5.97. The van der Waals surface area contributed by atoms with Gasteiger partial charge in [-0.1, -0.05) is 50.1 Å². The molecular weight excluding hydrogens is 300 g/mol. The number of ether oxygens (including phenoxy) is 1. The van der Waals surface area contributed by atoms with E-state index in [1.807, 2.05) is 36.4 Å². The van der Waals surface area contributed by atoms with Gasteiger partial charge in [0.05, 0.1) is 7.11 Å². The summed E-state index contributed by atoms with van der Waals surface area (Å²) in [5, 5.41) is 12.3. The normalized spacial score (nSPS) is 21.3. The van der Waals surface area contributed by atoms with Crippen molar-refractivity contribution < 1.29 is 9.53 Å². The number of amides is 1. The number of nitrogens with zero attached hydrogens (tertiary/aromatic N) is 1. The summed E-state index contributed by atoms with van der Waals surface area (Å²) >= 11 is 0. The number of hydrogen-bond donors (Lipinski definition) is 1. The van der Waals surface area contributed by atoms with E-state index in [1.54, 1.807) is 19.3 Å². The molecule has 126 valence electrons. The number of methoxy groups -OCH3 is 1. The van der Waals surface area contributed by atoms with E-state index in [0.717, 1.165) is 30.6 Å². The van der Waals surface area contributed by atoms with E-state index in [9.17, 15) is 10.1 Å². The van der Waals surface area contributed by atoms with Gasteiger partial charge < -0.3 is 10.1 Å². The molecule has 0 aliphatic heterocycles. The minimum atomic E-state index is -0.291. The Balaban J connectivity index is 2.04. The molecule has 1 amide bonds. The largest absolute Gasteiger partial charge is 0.496 e. The van der Waals surface area contributed by atoms with Gasteiger partial charge >= 0.3 is 0 Å². The second-order valence-electron chi connectivity index (χ2n) is 6.13. The molecule has 1 aliphatic rings. The van der Waals surface area contributed by atoms with Crippen molar-refractivity contribution in [3.05, 3.63) is 47.6 Å². The zero-order valence-corrected chi connectivity index (χ0v) is 14.3. The number of allylic oxidation sites excluding steroid dienone is 2. The third-order valence-electron chi connectivity index (χ3n) is 4.47. The highest BCUT2D eigenvalue weighted by atomic mass is 16.5. The average molecular weight is 324 g/mol. The van der Waals surface area contributed by atoms with Gasteiger partial charge in [0.25, 0.3) is 5.91 Å². The predicted octanol–water partition coefficient (Wildman–Crippen LogP) is 3.85. The van der Waals surface area contributed by atoms with E-state index >= 15 is 0 Å². The number of nitrogens with one attached hydrogen (secondary N) is 1. The molecule has 1 aliphatic carbocycles. The minimum Gasteiger partial charge on any atom is -0.496 e. The molecule has 0 aromatic heterocycles. The lowest BCUT2D eigenvalue weighted by Gasteiger charge is -2.29. The van der Waals surface area contributed by atoms with Crippen LogP contribution in [-0.2, 0) is 4.79 Å². The topological polar surface area (TPSA) is 62.1 Å². The first-order chi connectivity index (χ1) is 11.7. The van der Waals surface area contributed by atoms with Crippen LogP contribution in [0, 0.1) is 17.2 Å². The first kappa shape index (κ1) is 17.8. The van der Waals surface area contributed by atoms with Crippen molar-refractivity contribution >= 4 is 12.0 Å². The predicted molar refractivity (Wildman–Crippen MR) is 95.3 cm³/mol. The number of hydrogen-bond acceptors (Lipinski definition) is 3. The number of benzene rings is 1. The number of carbonyl (C=O) groups is 1. The molecule has 0 heterocycles. The lowest BCUT2D eigenvalue weighted by molar-refractivity contribution is -0.118. The molecule has 1 fully saturated rings. The van der Waals surface area contributed by atoms with Gasteiger partial charge in [-0.2, -0.15) is 5.26 Å². The summed E-state index contributed by atoms with van der Waals surface area (Å²) in [7, 11) is 1.61. The van der Waals surface area contributed by atoms with Gasteiger partial charge in [0.15, 0.2) is 0 Å². The van der Waals surface area contributed by atoms with Crippen LogP contribution in [0.2, 0.25) is 0 Å². The molecule has 0 saturated heterocycles. The molecule has 0 unspecified atom stereocenters. The van der Waals surface area contributed by atoms with Crippen molar-refractivity contribution in [2.24, 2.45) is 5.92 Å². The van der Waals surface area contributed by atoms with E-state index in [1.165, 1.54) is 6.42 Å².